The second-order valence-corrected chi connectivity index (χ2v) is 8.04. The predicted octanol–water partition coefficient (Wildman–Crippen LogP) is 2.04. The number of halogens is 4. The van der Waals surface area contributed by atoms with Gasteiger partial charge in [0.05, 0.1) is 10.5 Å². The first-order valence-electron chi connectivity index (χ1n) is 8.30. The van der Waals surface area contributed by atoms with Crippen LogP contribution in [0.3, 0.4) is 0 Å². The fourth-order valence-electron chi connectivity index (χ4n) is 2.53. The van der Waals surface area contributed by atoms with Gasteiger partial charge in [0, 0.05) is 25.6 Å². The summed E-state index contributed by atoms with van der Waals surface area (Å²) >= 11 is 0. The van der Waals surface area contributed by atoms with Gasteiger partial charge in [-0.15, -0.1) is 12.4 Å². The zero-order chi connectivity index (χ0) is 19.4. The Morgan fingerprint density at radius 1 is 1.30 bits per heavy atom. The van der Waals surface area contributed by atoms with E-state index in [1.54, 1.807) is 0 Å². The number of nitrogens with two attached hydrogens (primary N) is 1. The largest absolute Gasteiger partial charge is 0.416 e. The molecule has 0 saturated heterocycles. The van der Waals surface area contributed by atoms with Crippen LogP contribution in [0.25, 0.3) is 0 Å². The first-order valence-corrected chi connectivity index (χ1v) is 9.78. The number of alkyl halides is 3. The Morgan fingerprint density at radius 2 is 1.96 bits per heavy atom. The average Bonchev–Trinajstić information content (AvgIpc) is 3.41. The van der Waals surface area contributed by atoms with Gasteiger partial charge in [0.1, 0.15) is 0 Å². The number of hydrogen-bond donors (Lipinski definition) is 3. The van der Waals surface area contributed by atoms with Crippen LogP contribution in [-0.4, -0.2) is 33.5 Å². The van der Waals surface area contributed by atoms with Crippen LogP contribution >= 0.6 is 12.4 Å². The summed E-state index contributed by atoms with van der Waals surface area (Å²) in [6.45, 7) is 0.307. The lowest BCUT2D eigenvalue weighted by Gasteiger charge is -2.16. The Bertz CT molecular complexity index is 740. The van der Waals surface area contributed by atoms with Crippen LogP contribution in [0.5, 0.6) is 0 Å². The van der Waals surface area contributed by atoms with Gasteiger partial charge in [-0.2, -0.15) is 13.2 Å². The molecule has 1 saturated carbocycles. The van der Waals surface area contributed by atoms with Crippen molar-refractivity contribution in [3.8, 4) is 0 Å². The summed E-state index contributed by atoms with van der Waals surface area (Å²) in [5.74, 6) is 0.203. The molecule has 1 unspecified atom stereocenters. The Morgan fingerprint density at radius 3 is 2.52 bits per heavy atom. The topological polar surface area (TPSA) is 101 Å². The number of carbonyl (C=O) groups excluding carboxylic acids is 1. The monoisotopic (exact) mass is 429 g/mol. The Balaban J connectivity index is 0.00000364. The molecule has 1 aromatic carbocycles. The van der Waals surface area contributed by atoms with Gasteiger partial charge in [-0.25, -0.2) is 13.1 Å². The lowest BCUT2D eigenvalue weighted by molar-refractivity contribution is -0.137. The standard InChI is InChI=1S/C16H22F3N3O3S.ClH/c17-16(18,19)12-3-1-4-13(9-12)26(24,25)21-8-2-5-15(23)22-14(10-20)11-6-7-11;/h1,3-4,9,11,14,21H,2,5-8,10,20H2,(H,22,23);1H. The van der Waals surface area contributed by atoms with E-state index in [4.69, 9.17) is 5.73 Å². The molecule has 4 N–H and O–H groups in total. The van der Waals surface area contributed by atoms with Crippen molar-refractivity contribution >= 4 is 28.3 Å². The molecule has 0 aliphatic heterocycles. The highest BCUT2D eigenvalue weighted by atomic mass is 35.5. The lowest BCUT2D eigenvalue weighted by Crippen LogP contribution is -2.41. The molecule has 0 aromatic heterocycles. The summed E-state index contributed by atoms with van der Waals surface area (Å²) < 4.78 is 64.4. The summed E-state index contributed by atoms with van der Waals surface area (Å²) in [6, 6.07) is 3.46. The molecule has 0 bridgehead atoms. The molecule has 0 spiro atoms. The molecule has 11 heteroatoms. The number of nitrogens with one attached hydrogen (secondary N) is 2. The summed E-state index contributed by atoms with van der Waals surface area (Å²) in [5, 5.41) is 2.82. The van der Waals surface area contributed by atoms with Crippen LogP contribution in [0, 0.1) is 5.92 Å². The quantitative estimate of drug-likeness (QED) is 0.523. The third-order valence-corrected chi connectivity index (χ3v) is 5.59. The van der Waals surface area contributed by atoms with Gasteiger partial charge in [0.15, 0.2) is 0 Å². The van der Waals surface area contributed by atoms with Crippen LogP contribution < -0.4 is 15.8 Å². The molecule has 0 heterocycles. The average molecular weight is 430 g/mol. The van der Waals surface area contributed by atoms with E-state index in [-0.39, 0.29) is 43.7 Å². The van der Waals surface area contributed by atoms with E-state index in [2.05, 4.69) is 10.0 Å². The molecule has 1 aliphatic rings. The van der Waals surface area contributed by atoms with E-state index in [0.717, 1.165) is 31.0 Å². The van der Waals surface area contributed by atoms with E-state index in [0.29, 0.717) is 18.5 Å². The highest BCUT2D eigenvalue weighted by molar-refractivity contribution is 7.89. The van der Waals surface area contributed by atoms with Gasteiger partial charge in [-0.1, -0.05) is 6.07 Å². The molecule has 1 amide bonds. The maximum absolute atomic E-state index is 12.7. The van der Waals surface area contributed by atoms with E-state index in [1.807, 2.05) is 0 Å². The Labute approximate surface area is 162 Å². The van der Waals surface area contributed by atoms with E-state index in [9.17, 15) is 26.4 Å². The first-order chi connectivity index (χ1) is 12.1. The van der Waals surface area contributed by atoms with Gasteiger partial charge in [0.25, 0.3) is 0 Å². The molecule has 1 atom stereocenters. The van der Waals surface area contributed by atoms with Crippen molar-refractivity contribution < 1.29 is 26.4 Å². The third-order valence-electron chi connectivity index (χ3n) is 4.14. The number of hydrogen-bond acceptors (Lipinski definition) is 4. The SMILES string of the molecule is Cl.NCC(NC(=O)CCCNS(=O)(=O)c1cccc(C(F)(F)F)c1)C1CC1. The molecule has 1 aromatic rings. The summed E-state index contributed by atoms with van der Waals surface area (Å²) in [6.07, 6.45) is -2.21. The van der Waals surface area contributed by atoms with E-state index >= 15 is 0 Å². The second kappa shape index (κ2) is 9.72. The lowest BCUT2D eigenvalue weighted by atomic mass is 10.2. The van der Waals surface area contributed by atoms with Crippen LogP contribution in [0.4, 0.5) is 13.2 Å². The maximum atomic E-state index is 12.7. The zero-order valence-corrected chi connectivity index (χ0v) is 16.1. The highest BCUT2D eigenvalue weighted by Gasteiger charge is 2.32. The van der Waals surface area contributed by atoms with E-state index < -0.39 is 26.7 Å². The minimum absolute atomic E-state index is 0. The Hall–Kier alpha value is -1.36. The zero-order valence-electron chi connectivity index (χ0n) is 14.5. The Kier molecular flexibility index (Phi) is 8.52. The fraction of sp³-hybridized carbons (Fsp3) is 0.562. The summed E-state index contributed by atoms with van der Waals surface area (Å²) in [5.41, 5.74) is 4.56. The second-order valence-electron chi connectivity index (χ2n) is 6.27. The number of sulfonamides is 1. The van der Waals surface area contributed by atoms with Crippen molar-refractivity contribution in [1.29, 1.82) is 0 Å². The first kappa shape index (κ1) is 23.7. The molecule has 1 fully saturated rings. The molecular formula is C16H23ClF3N3O3S. The molecule has 1 aliphatic carbocycles. The van der Waals surface area contributed by atoms with Gasteiger partial charge in [0.2, 0.25) is 15.9 Å². The van der Waals surface area contributed by atoms with Crippen molar-refractivity contribution in [3.63, 3.8) is 0 Å². The predicted molar refractivity (Wildman–Crippen MR) is 96.8 cm³/mol. The van der Waals surface area contributed by atoms with Crippen LogP contribution in [0.15, 0.2) is 29.2 Å². The van der Waals surface area contributed by atoms with Gasteiger partial charge in [-0.3, -0.25) is 4.79 Å². The van der Waals surface area contributed by atoms with Crippen molar-refractivity contribution in [2.24, 2.45) is 11.7 Å². The number of carbonyl (C=O) groups is 1. The van der Waals surface area contributed by atoms with Crippen LogP contribution in [0.1, 0.15) is 31.2 Å². The minimum Gasteiger partial charge on any atom is -0.352 e. The maximum Gasteiger partial charge on any atom is 0.416 e. The van der Waals surface area contributed by atoms with Gasteiger partial charge in [-0.05, 0) is 43.4 Å². The summed E-state index contributed by atoms with van der Waals surface area (Å²) in [4.78, 5) is 11.4. The summed E-state index contributed by atoms with van der Waals surface area (Å²) in [7, 11) is -4.07. The normalized spacial score (nSPS) is 15.7. The highest BCUT2D eigenvalue weighted by Crippen LogP contribution is 2.32. The molecule has 6 nitrogen and oxygen atoms in total. The van der Waals surface area contributed by atoms with Crippen LogP contribution in [-0.2, 0) is 21.0 Å². The van der Waals surface area contributed by atoms with Gasteiger partial charge >= 0.3 is 6.18 Å². The third kappa shape index (κ3) is 7.28. The van der Waals surface area contributed by atoms with Crippen molar-refractivity contribution in [2.75, 3.05) is 13.1 Å². The van der Waals surface area contributed by atoms with E-state index in [1.165, 1.54) is 0 Å². The molecule has 0 radical (unpaired) electrons. The van der Waals surface area contributed by atoms with Crippen molar-refractivity contribution in [3.05, 3.63) is 29.8 Å². The number of amides is 1. The van der Waals surface area contributed by atoms with Crippen molar-refractivity contribution in [1.82, 2.24) is 10.0 Å². The molecule has 2 rings (SSSR count). The smallest absolute Gasteiger partial charge is 0.352 e. The van der Waals surface area contributed by atoms with Crippen LogP contribution in [0.2, 0.25) is 0 Å². The molecule has 154 valence electrons. The molecular weight excluding hydrogens is 407 g/mol. The number of rotatable bonds is 9. The van der Waals surface area contributed by atoms with Crippen molar-refractivity contribution in [2.45, 2.75) is 42.8 Å². The number of benzene rings is 1. The fourth-order valence-corrected chi connectivity index (χ4v) is 3.64. The van der Waals surface area contributed by atoms with Gasteiger partial charge < -0.3 is 11.1 Å². The minimum atomic E-state index is -4.62. The molecule has 27 heavy (non-hydrogen) atoms.